The topological polar surface area (TPSA) is 55.4 Å². The first-order valence-electron chi connectivity index (χ1n) is 7.14. The van der Waals surface area contributed by atoms with Crippen LogP contribution in [0.5, 0.6) is 0 Å². The lowest BCUT2D eigenvalue weighted by Crippen LogP contribution is -2.32. The Kier molecular flexibility index (Phi) is 6.41. The molecule has 0 radical (unpaired) electrons. The maximum absolute atomic E-state index is 12.7. The molecular formula is C17H18F3NO3. The average Bonchev–Trinajstić information content (AvgIpc) is 2.43. The molecule has 0 fully saturated rings. The van der Waals surface area contributed by atoms with Crippen LogP contribution in [-0.4, -0.2) is 24.5 Å². The summed E-state index contributed by atoms with van der Waals surface area (Å²) in [5.74, 6) is 5.20. The SMILES string of the molecule is CC(C)(C)OC(=O)NCCC#Cc1cc(C=O)cc(C(F)(F)F)c1. The highest BCUT2D eigenvalue weighted by atomic mass is 19.4. The summed E-state index contributed by atoms with van der Waals surface area (Å²) in [7, 11) is 0. The van der Waals surface area contributed by atoms with Gasteiger partial charge in [-0.1, -0.05) is 11.8 Å². The van der Waals surface area contributed by atoms with Gasteiger partial charge in [-0.05, 0) is 39.0 Å². The number of halogens is 3. The zero-order chi connectivity index (χ0) is 18.4. The predicted octanol–water partition coefficient (Wildman–Crippen LogP) is 3.78. The van der Waals surface area contributed by atoms with Gasteiger partial charge < -0.3 is 10.1 Å². The lowest BCUT2D eigenvalue weighted by Gasteiger charge is -2.19. The molecule has 0 aromatic heterocycles. The minimum atomic E-state index is -4.55. The molecule has 24 heavy (non-hydrogen) atoms. The lowest BCUT2D eigenvalue weighted by molar-refractivity contribution is -0.137. The van der Waals surface area contributed by atoms with Crippen LogP contribution < -0.4 is 5.32 Å². The van der Waals surface area contributed by atoms with Gasteiger partial charge in [0.25, 0.3) is 0 Å². The molecule has 0 spiro atoms. The van der Waals surface area contributed by atoms with Gasteiger partial charge >= 0.3 is 12.3 Å². The first-order chi connectivity index (χ1) is 11.0. The predicted molar refractivity (Wildman–Crippen MR) is 82.6 cm³/mol. The largest absolute Gasteiger partial charge is 0.444 e. The fourth-order valence-corrected chi connectivity index (χ4v) is 1.66. The summed E-state index contributed by atoms with van der Waals surface area (Å²) in [6.45, 7) is 5.38. The number of amides is 1. The van der Waals surface area contributed by atoms with Crippen LogP contribution in [0.4, 0.5) is 18.0 Å². The Hall–Kier alpha value is -2.49. The van der Waals surface area contributed by atoms with Gasteiger partial charge in [0.1, 0.15) is 11.9 Å². The van der Waals surface area contributed by atoms with Gasteiger partial charge in [-0.3, -0.25) is 4.79 Å². The molecule has 1 amide bonds. The third kappa shape index (κ3) is 7.18. The number of benzene rings is 1. The molecule has 1 aromatic rings. The molecule has 0 aliphatic rings. The standard InChI is InChI=1S/C17H18F3NO3/c1-16(2,3)24-15(23)21-7-5-4-6-12-8-13(11-22)10-14(9-12)17(18,19)20/h8-11H,5,7H2,1-3H3,(H,21,23). The van der Waals surface area contributed by atoms with Crippen LogP contribution in [0.15, 0.2) is 18.2 Å². The quantitative estimate of drug-likeness (QED) is 0.517. The molecule has 1 aromatic carbocycles. The molecule has 130 valence electrons. The first kappa shape index (κ1) is 19.6. The zero-order valence-corrected chi connectivity index (χ0v) is 13.6. The maximum Gasteiger partial charge on any atom is 0.416 e. The van der Waals surface area contributed by atoms with Gasteiger partial charge in [0.2, 0.25) is 0 Å². The van der Waals surface area contributed by atoms with E-state index in [0.717, 1.165) is 12.1 Å². The van der Waals surface area contributed by atoms with Gasteiger partial charge in [-0.2, -0.15) is 13.2 Å². The van der Waals surface area contributed by atoms with Crippen LogP contribution >= 0.6 is 0 Å². The van der Waals surface area contributed by atoms with E-state index < -0.39 is 23.4 Å². The van der Waals surface area contributed by atoms with E-state index >= 15 is 0 Å². The smallest absolute Gasteiger partial charge is 0.416 e. The highest BCUT2D eigenvalue weighted by Gasteiger charge is 2.31. The average molecular weight is 341 g/mol. The molecule has 0 aliphatic carbocycles. The molecule has 4 nitrogen and oxygen atoms in total. The molecule has 0 aliphatic heterocycles. The molecule has 7 heteroatoms. The van der Waals surface area contributed by atoms with Gasteiger partial charge in [-0.15, -0.1) is 0 Å². The Morgan fingerprint density at radius 2 is 1.92 bits per heavy atom. The Labute approximate surface area is 138 Å². The molecule has 0 saturated carbocycles. The van der Waals surface area contributed by atoms with Crippen molar-refractivity contribution in [2.45, 2.75) is 39.0 Å². The van der Waals surface area contributed by atoms with Crippen molar-refractivity contribution in [2.75, 3.05) is 6.54 Å². The Morgan fingerprint density at radius 1 is 1.25 bits per heavy atom. The van der Waals surface area contributed by atoms with Crippen molar-refractivity contribution in [3.63, 3.8) is 0 Å². The fraction of sp³-hybridized carbons (Fsp3) is 0.412. The Bertz CT molecular complexity index is 664. The molecule has 1 rings (SSSR count). The summed E-state index contributed by atoms with van der Waals surface area (Å²) in [5.41, 5.74) is -1.55. The second-order valence-electron chi connectivity index (χ2n) is 5.94. The van der Waals surface area contributed by atoms with Crippen molar-refractivity contribution in [3.05, 3.63) is 34.9 Å². The number of ether oxygens (including phenoxy) is 1. The number of hydrogen-bond acceptors (Lipinski definition) is 3. The maximum atomic E-state index is 12.7. The minimum absolute atomic E-state index is 0.0872. The molecule has 0 bridgehead atoms. The normalized spacial score (nSPS) is 11.2. The molecule has 0 unspecified atom stereocenters. The monoisotopic (exact) mass is 341 g/mol. The number of rotatable bonds is 3. The molecular weight excluding hydrogens is 323 g/mol. The number of alkyl carbamates (subject to hydrolysis) is 1. The van der Waals surface area contributed by atoms with E-state index in [0.29, 0.717) is 6.29 Å². The van der Waals surface area contributed by atoms with E-state index in [1.54, 1.807) is 20.8 Å². The van der Waals surface area contributed by atoms with Gasteiger partial charge in [0, 0.05) is 24.1 Å². The molecule has 0 saturated heterocycles. The van der Waals surface area contributed by atoms with Crippen LogP contribution in [0.3, 0.4) is 0 Å². The van der Waals surface area contributed by atoms with E-state index in [2.05, 4.69) is 17.2 Å². The summed E-state index contributed by atoms with van der Waals surface area (Å²) in [5, 5.41) is 2.48. The van der Waals surface area contributed by atoms with E-state index in [-0.39, 0.29) is 24.1 Å². The van der Waals surface area contributed by atoms with Crippen molar-refractivity contribution in [1.82, 2.24) is 5.32 Å². The number of carbonyl (C=O) groups is 2. The van der Waals surface area contributed by atoms with E-state index in [9.17, 15) is 22.8 Å². The molecule has 0 heterocycles. The highest BCUT2D eigenvalue weighted by Crippen LogP contribution is 2.30. The summed E-state index contributed by atoms with van der Waals surface area (Å²) >= 11 is 0. The minimum Gasteiger partial charge on any atom is -0.444 e. The van der Waals surface area contributed by atoms with E-state index in [1.807, 2.05) is 0 Å². The second-order valence-corrected chi connectivity index (χ2v) is 5.94. The Balaban J connectivity index is 2.66. The summed E-state index contributed by atoms with van der Waals surface area (Å²) < 4.78 is 43.2. The zero-order valence-electron chi connectivity index (χ0n) is 13.6. The van der Waals surface area contributed by atoms with Crippen molar-refractivity contribution in [3.8, 4) is 11.8 Å². The van der Waals surface area contributed by atoms with E-state index in [4.69, 9.17) is 4.74 Å². The summed E-state index contributed by atoms with van der Waals surface area (Å²) in [6, 6.07) is 2.92. The number of aldehydes is 1. The molecule has 1 N–H and O–H groups in total. The van der Waals surface area contributed by atoms with Crippen LogP contribution in [0, 0.1) is 11.8 Å². The van der Waals surface area contributed by atoms with Crippen LogP contribution in [0.1, 0.15) is 48.7 Å². The number of nitrogens with one attached hydrogen (secondary N) is 1. The summed E-state index contributed by atoms with van der Waals surface area (Å²) in [4.78, 5) is 22.1. The van der Waals surface area contributed by atoms with Gasteiger partial charge in [-0.25, -0.2) is 4.79 Å². The first-order valence-corrected chi connectivity index (χ1v) is 7.14. The van der Waals surface area contributed by atoms with Gasteiger partial charge in [0.15, 0.2) is 0 Å². The van der Waals surface area contributed by atoms with Crippen molar-refractivity contribution in [1.29, 1.82) is 0 Å². The van der Waals surface area contributed by atoms with Crippen molar-refractivity contribution < 1.29 is 27.5 Å². The van der Waals surface area contributed by atoms with Crippen LogP contribution in [0.25, 0.3) is 0 Å². The highest BCUT2D eigenvalue weighted by molar-refractivity contribution is 5.76. The summed E-state index contributed by atoms with van der Waals surface area (Å²) in [6.07, 6.45) is -4.57. The second kappa shape index (κ2) is 7.86. The van der Waals surface area contributed by atoms with Crippen molar-refractivity contribution in [2.24, 2.45) is 0 Å². The van der Waals surface area contributed by atoms with Crippen LogP contribution in [-0.2, 0) is 10.9 Å². The van der Waals surface area contributed by atoms with Gasteiger partial charge in [0.05, 0.1) is 5.56 Å². The Morgan fingerprint density at radius 3 is 2.46 bits per heavy atom. The number of alkyl halides is 3. The number of carbonyl (C=O) groups excluding carboxylic acids is 2. The fourth-order valence-electron chi connectivity index (χ4n) is 1.66. The van der Waals surface area contributed by atoms with E-state index in [1.165, 1.54) is 6.07 Å². The lowest BCUT2D eigenvalue weighted by atomic mass is 10.1. The third-order valence-electron chi connectivity index (χ3n) is 2.57. The number of hydrogen-bond donors (Lipinski definition) is 1. The van der Waals surface area contributed by atoms with Crippen molar-refractivity contribution >= 4 is 12.4 Å². The van der Waals surface area contributed by atoms with Crippen LogP contribution in [0.2, 0.25) is 0 Å². The third-order valence-corrected chi connectivity index (χ3v) is 2.57. The molecule has 0 atom stereocenters.